The van der Waals surface area contributed by atoms with Gasteiger partial charge in [0.2, 0.25) is 0 Å². The number of carboxylic acids is 1. The van der Waals surface area contributed by atoms with Crippen molar-refractivity contribution in [3.8, 4) is 0 Å². The van der Waals surface area contributed by atoms with Crippen LogP contribution in [0.25, 0.3) is 0 Å². The molecule has 0 aromatic rings. The molecular weight excluding hydrogens is 288 g/mol. The summed E-state index contributed by atoms with van der Waals surface area (Å²) < 4.78 is 0. The van der Waals surface area contributed by atoms with Gasteiger partial charge in [-0.05, 0) is 37.5 Å². The summed E-state index contributed by atoms with van der Waals surface area (Å²) in [6, 6.07) is 0. The van der Waals surface area contributed by atoms with Gasteiger partial charge in [0.1, 0.15) is 0 Å². The predicted molar refractivity (Wildman–Crippen MR) is 95.6 cm³/mol. The van der Waals surface area contributed by atoms with Crippen LogP contribution in [0.4, 0.5) is 0 Å². The van der Waals surface area contributed by atoms with Crippen molar-refractivity contribution in [3.05, 3.63) is 0 Å². The Morgan fingerprint density at radius 2 is 1.43 bits per heavy atom. The number of aliphatic hydroxyl groups is 1. The van der Waals surface area contributed by atoms with Gasteiger partial charge in [0.15, 0.2) is 0 Å². The third-order valence-corrected chi connectivity index (χ3v) is 5.50. The number of hydrogen-bond donors (Lipinski definition) is 2. The average molecular weight is 327 g/mol. The van der Waals surface area contributed by atoms with E-state index in [0.717, 1.165) is 31.6 Å². The minimum absolute atomic E-state index is 0.0490. The molecule has 1 aliphatic carbocycles. The molecule has 136 valence electrons. The Morgan fingerprint density at radius 1 is 0.870 bits per heavy atom. The SMILES string of the molecule is CCCCCCCCC1CC(O)C1CCCCCCCC(=O)O. The largest absolute Gasteiger partial charge is 0.481 e. The van der Waals surface area contributed by atoms with Crippen molar-refractivity contribution in [1.29, 1.82) is 0 Å². The average Bonchev–Trinajstić information content (AvgIpc) is 2.51. The van der Waals surface area contributed by atoms with Crippen LogP contribution in [0.15, 0.2) is 0 Å². The normalized spacial score (nSPS) is 23.7. The Morgan fingerprint density at radius 3 is 2.04 bits per heavy atom. The second-order valence-electron chi connectivity index (χ2n) is 7.48. The zero-order chi connectivity index (χ0) is 16.9. The minimum Gasteiger partial charge on any atom is -0.481 e. The van der Waals surface area contributed by atoms with Gasteiger partial charge in [0, 0.05) is 6.42 Å². The first-order valence-corrected chi connectivity index (χ1v) is 10.0. The van der Waals surface area contributed by atoms with Gasteiger partial charge in [-0.1, -0.05) is 71.1 Å². The summed E-state index contributed by atoms with van der Waals surface area (Å²) in [5.41, 5.74) is 0. The second kappa shape index (κ2) is 12.8. The van der Waals surface area contributed by atoms with Crippen LogP contribution in [0.2, 0.25) is 0 Å². The summed E-state index contributed by atoms with van der Waals surface area (Å²) in [6.07, 6.45) is 17.3. The molecule has 0 aliphatic heterocycles. The standard InChI is InChI=1S/C20H38O3/c1-2-3-4-5-7-10-13-17-16-19(21)18(17)14-11-8-6-9-12-15-20(22)23/h17-19,21H,2-16H2,1H3,(H,22,23). The summed E-state index contributed by atoms with van der Waals surface area (Å²) in [7, 11) is 0. The molecular formula is C20H38O3. The van der Waals surface area contributed by atoms with E-state index in [2.05, 4.69) is 6.92 Å². The fourth-order valence-electron chi connectivity index (χ4n) is 3.91. The number of carbonyl (C=O) groups is 1. The molecule has 2 N–H and O–H groups in total. The molecule has 0 spiro atoms. The van der Waals surface area contributed by atoms with E-state index >= 15 is 0 Å². The van der Waals surface area contributed by atoms with E-state index in [1.54, 1.807) is 0 Å². The Kier molecular flexibility index (Phi) is 11.4. The maximum absolute atomic E-state index is 10.4. The molecule has 1 saturated carbocycles. The number of hydrogen-bond acceptors (Lipinski definition) is 2. The molecule has 1 aliphatic rings. The summed E-state index contributed by atoms with van der Waals surface area (Å²) >= 11 is 0. The van der Waals surface area contributed by atoms with Crippen LogP contribution in [0, 0.1) is 11.8 Å². The number of carboxylic acid groups (broad SMARTS) is 1. The summed E-state index contributed by atoms with van der Waals surface area (Å²) in [5, 5.41) is 18.6. The highest BCUT2D eigenvalue weighted by Gasteiger charge is 2.38. The second-order valence-corrected chi connectivity index (χ2v) is 7.48. The topological polar surface area (TPSA) is 57.5 Å². The third-order valence-electron chi connectivity index (χ3n) is 5.50. The van der Waals surface area contributed by atoms with Crippen LogP contribution in [0.1, 0.15) is 103 Å². The van der Waals surface area contributed by atoms with Gasteiger partial charge >= 0.3 is 5.97 Å². The molecule has 0 amide bonds. The number of aliphatic carboxylic acids is 1. The summed E-state index contributed by atoms with van der Waals surface area (Å²) in [6.45, 7) is 2.26. The molecule has 3 atom stereocenters. The van der Waals surface area contributed by atoms with E-state index in [1.807, 2.05) is 0 Å². The van der Waals surface area contributed by atoms with Crippen molar-refractivity contribution in [1.82, 2.24) is 0 Å². The van der Waals surface area contributed by atoms with Crippen LogP contribution in [0.5, 0.6) is 0 Å². The fraction of sp³-hybridized carbons (Fsp3) is 0.950. The van der Waals surface area contributed by atoms with Gasteiger partial charge in [0.25, 0.3) is 0 Å². The van der Waals surface area contributed by atoms with Gasteiger partial charge in [-0.25, -0.2) is 0 Å². The van der Waals surface area contributed by atoms with E-state index in [9.17, 15) is 9.90 Å². The Hall–Kier alpha value is -0.570. The van der Waals surface area contributed by atoms with E-state index in [-0.39, 0.29) is 6.10 Å². The molecule has 0 bridgehead atoms. The first kappa shape index (κ1) is 20.5. The third kappa shape index (κ3) is 9.34. The van der Waals surface area contributed by atoms with Gasteiger partial charge < -0.3 is 10.2 Å². The fourth-order valence-corrected chi connectivity index (χ4v) is 3.91. The van der Waals surface area contributed by atoms with Crippen LogP contribution in [-0.2, 0) is 4.79 Å². The van der Waals surface area contributed by atoms with Crippen molar-refractivity contribution in [2.24, 2.45) is 11.8 Å². The van der Waals surface area contributed by atoms with Crippen LogP contribution in [0.3, 0.4) is 0 Å². The highest BCUT2D eigenvalue weighted by Crippen LogP contribution is 2.41. The van der Waals surface area contributed by atoms with E-state index in [1.165, 1.54) is 64.2 Å². The molecule has 0 saturated heterocycles. The van der Waals surface area contributed by atoms with Crippen LogP contribution in [-0.4, -0.2) is 22.3 Å². The number of rotatable bonds is 15. The van der Waals surface area contributed by atoms with Crippen molar-refractivity contribution < 1.29 is 15.0 Å². The molecule has 23 heavy (non-hydrogen) atoms. The number of aliphatic hydroxyl groups excluding tert-OH is 1. The first-order chi connectivity index (χ1) is 11.1. The van der Waals surface area contributed by atoms with Crippen molar-refractivity contribution in [2.75, 3.05) is 0 Å². The van der Waals surface area contributed by atoms with Gasteiger partial charge in [-0.2, -0.15) is 0 Å². The van der Waals surface area contributed by atoms with Crippen LogP contribution < -0.4 is 0 Å². The molecule has 1 rings (SSSR count). The Bertz CT molecular complexity index is 303. The molecule has 0 radical (unpaired) electrons. The lowest BCUT2D eigenvalue weighted by molar-refractivity contribution is -0.137. The summed E-state index contributed by atoms with van der Waals surface area (Å²) in [4.78, 5) is 10.4. The minimum atomic E-state index is -0.680. The Balaban J connectivity index is 1.96. The van der Waals surface area contributed by atoms with Crippen molar-refractivity contribution in [3.63, 3.8) is 0 Å². The Labute approximate surface area is 142 Å². The lowest BCUT2D eigenvalue weighted by Crippen LogP contribution is -2.41. The predicted octanol–water partition coefficient (Wildman–Crippen LogP) is 5.55. The van der Waals surface area contributed by atoms with Gasteiger partial charge in [-0.15, -0.1) is 0 Å². The van der Waals surface area contributed by atoms with Crippen molar-refractivity contribution in [2.45, 2.75) is 109 Å². The van der Waals surface area contributed by atoms with E-state index in [0.29, 0.717) is 12.3 Å². The van der Waals surface area contributed by atoms with Gasteiger partial charge in [0.05, 0.1) is 6.10 Å². The van der Waals surface area contributed by atoms with E-state index in [4.69, 9.17) is 5.11 Å². The highest BCUT2D eigenvalue weighted by atomic mass is 16.4. The monoisotopic (exact) mass is 326 g/mol. The molecule has 0 aromatic carbocycles. The van der Waals surface area contributed by atoms with Crippen molar-refractivity contribution >= 4 is 5.97 Å². The molecule has 3 nitrogen and oxygen atoms in total. The first-order valence-electron chi connectivity index (χ1n) is 10.0. The maximum Gasteiger partial charge on any atom is 0.303 e. The highest BCUT2D eigenvalue weighted by molar-refractivity contribution is 5.66. The quantitative estimate of drug-likeness (QED) is 0.388. The molecule has 0 aromatic heterocycles. The van der Waals surface area contributed by atoms with Crippen LogP contribution >= 0.6 is 0 Å². The summed E-state index contributed by atoms with van der Waals surface area (Å²) in [5.74, 6) is 0.632. The molecule has 3 heteroatoms. The molecule has 0 heterocycles. The lowest BCUT2D eigenvalue weighted by Gasteiger charge is -2.42. The lowest BCUT2D eigenvalue weighted by atomic mass is 9.66. The molecule has 1 fully saturated rings. The zero-order valence-electron chi connectivity index (χ0n) is 15.1. The smallest absolute Gasteiger partial charge is 0.303 e. The van der Waals surface area contributed by atoms with Gasteiger partial charge in [-0.3, -0.25) is 4.79 Å². The molecule has 3 unspecified atom stereocenters. The zero-order valence-corrected chi connectivity index (χ0v) is 15.1. The maximum atomic E-state index is 10.4. The van der Waals surface area contributed by atoms with E-state index < -0.39 is 5.97 Å². The number of unbranched alkanes of at least 4 members (excludes halogenated alkanes) is 9.